The summed E-state index contributed by atoms with van der Waals surface area (Å²) in [5.41, 5.74) is 0.927. The van der Waals surface area contributed by atoms with Crippen LogP contribution in [0.15, 0.2) is 28.8 Å². The third-order valence-electron chi connectivity index (χ3n) is 4.40. The minimum absolute atomic E-state index is 0.619. The first kappa shape index (κ1) is 17.8. The van der Waals surface area contributed by atoms with Crippen LogP contribution in [0.5, 0.6) is 5.75 Å². The van der Waals surface area contributed by atoms with Crippen molar-refractivity contribution >= 4 is 0 Å². The largest absolute Gasteiger partial charge is 0.497 e. The zero-order valence-electron chi connectivity index (χ0n) is 15.0. The number of benzene rings is 1. The zero-order valence-corrected chi connectivity index (χ0v) is 15.0. The lowest BCUT2D eigenvalue weighted by Gasteiger charge is -2.33. The number of ether oxygens (including phenoxy) is 2. The third-order valence-corrected chi connectivity index (χ3v) is 4.40. The summed E-state index contributed by atoms with van der Waals surface area (Å²) in [5, 5.41) is 4.09. The van der Waals surface area contributed by atoms with Gasteiger partial charge in [-0.15, -0.1) is 0 Å². The Morgan fingerprint density at radius 2 is 1.80 bits per heavy atom. The quantitative estimate of drug-likeness (QED) is 0.676. The Morgan fingerprint density at radius 3 is 2.48 bits per heavy atom. The molecule has 1 aromatic carbocycles. The highest BCUT2D eigenvalue weighted by Crippen LogP contribution is 2.20. The van der Waals surface area contributed by atoms with Crippen molar-refractivity contribution in [1.82, 2.24) is 19.9 Å². The molecule has 7 nitrogen and oxygen atoms in total. The highest BCUT2D eigenvalue weighted by atomic mass is 16.5. The van der Waals surface area contributed by atoms with Gasteiger partial charge in [0, 0.05) is 44.9 Å². The van der Waals surface area contributed by atoms with Crippen molar-refractivity contribution in [2.24, 2.45) is 0 Å². The van der Waals surface area contributed by atoms with Gasteiger partial charge in [-0.1, -0.05) is 5.16 Å². The second-order valence-corrected chi connectivity index (χ2v) is 6.05. The maximum Gasteiger partial charge on any atom is 0.241 e. The van der Waals surface area contributed by atoms with Crippen LogP contribution in [0.2, 0.25) is 0 Å². The van der Waals surface area contributed by atoms with Crippen LogP contribution in [0.1, 0.15) is 12.8 Å². The van der Waals surface area contributed by atoms with E-state index in [0.717, 1.165) is 57.3 Å². The van der Waals surface area contributed by atoms with Crippen molar-refractivity contribution in [2.45, 2.75) is 13.5 Å². The zero-order chi connectivity index (χ0) is 17.5. The molecule has 1 aliphatic heterocycles. The Balaban J connectivity index is 1.49. The smallest absolute Gasteiger partial charge is 0.241 e. The first-order valence-corrected chi connectivity index (χ1v) is 8.78. The summed E-state index contributed by atoms with van der Waals surface area (Å²) < 4.78 is 16.0. The lowest BCUT2D eigenvalue weighted by atomic mass is 10.2. The van der Waals surface area contributed by atoms with Gasteiger partial charge in [0.1, 0.15) is 5.75 Å². The lowest BCUT2D eigenvalue weighted by molar-refractivity contribution is 0.0749. The first-order valence-electron chi connectivity index (χ1n) is 8.78. The fraction of sp³-hybridized carbons (Fsp3) is 0.556. The number of methoxy groups -OCH3 is 1. The van der Waals surface area contributed by atoms with E-state index >= 15 is 0 Å². The van der Waals surface area contributed by atoms with Crippen LogP contribution in [0.25, 0.3) is 11.4 Å². The van der Waals surface area contributed by atoms with E-state index in [-0.39, 0.29) is 0 Å². The van der Waals surface area contributed by atoms with E-state index in [0.29, 0.717) is 18.3 Å². The van der Waals surface area contributed by atoms with Crippen LogP contribution in [-0.2, 0) is 11.3 Å². The molecule has 0 spiro atoms. The molecule has 1 fully saturated rings. The monoisotopic (exact) mass is 346 g/mol. The molecule has 0 atom stereocenters. The van der Waals surface area contributed by atoms with Crippen LogP contribution >= 0.6 is 0 Å². The molecule has 2 aromatic rings. The van der Waals surface area contributed by atoms with Crippen LogP contribution in [0.3, 0.4) is 0 Å². The fourth-order valence-corrected chi connectivity index (χ4v) is 2.88. The van der Waals surface area contributed by atoms with Crippen molar-refractivity contribution in [3.05, 3.63) is 30.2 Å². The molecular formula is C18H26N4O3. The summed E-state index contributed by atoms with van der Waals surface area (Å²) in [6, 6.07) is 7.66. The molecule has 2 heterocycles. The van der Waals surface area contributed by atoms with Gasteiger partial charge in [-0.05, 0) is 31.2 Å². The Hall–Kier alpha value is -1.96. The van der Waals surface area contributed by atoms with Gasteiger partial charge in [0.15, 0.2) is 0 Å². The van der Waals surface area contributed by atoms with Crippen molar-refractivity contribution in [1.29, 1.82) is 0 Å². The van der Waals surface area contributed by atoms with Gasteiger partial charge >= 0.3 is 0 Å². The van der Waals surface area contributed by atoms with Gasteiger partial charge in [0.05, 0.1) is 20.3 Å². The average Bonchev–Trinajstić information content (AvgIpc) is 3.12. The van der Waals surface area contributed by atoms with E-state index in [9.17, 15) is 0 Å². The maximum absolute atomic E-state index is 5.42. The second-order valence-electron chi connectivity index (χ2n) is 6.05. The molecule has 1 aliphatic rings. The first-order chi connectivity index (χ1) is 12.3. The van der Waals surface area contributed by atoms with Crippen LogP contribution in [0, 0.1) is 0 Å². The molecule has 0 aliphatic carbocycles. The molecule has 0 unspecified atom stereocenters. The van der Waals surface area contributed by atoms with E-state index in [1.165, 1.54) is 0 Å². The number of aromatic nitrogens is 2. The SMILES string of the molecule is CCOCCN1CCN(Cc2nc(-c3ccc(OC)cc3)no2)CC1. The Kier molecular flexibility index (Phi) is 6.38. The molecule has 3 rings (SSSR count). The topological polar surface area (TPSA) is 63.9 Å². The van der Waals surface area contributed by atoms with Gasteiger partial charge in [-0.2, -0.15) is 4.98 Å². The van der Waals surface area contributed by atoms with Gasteiger partial charge in [-0.25, -0.2) is 0 Å². The number of hydrogen-bond donors (Lipinski definition) is 0. The normalized spacial score (nSPS) is 16.2. The van der Waals surface area contributed by atoms with Gasteiger partial charge in [0.25, 0.3) is 0 Å². The number of rotatable bonds is 8. The molecule has 0 N–H and O–H groups in total. The molecule has 0 radical (unpaired) electrons. The van der Waals surface area contributed by atoms with E-state index in [1.54, 1.807) is 7.11 Å². The lowest BCUT2D eigenvalue weighted by Crippen LogP contribution is -2.46. The van der Waals surface area contributed by atoms with Gasteiger partial charge in [0.2, 0.25) is 11.7 Å². The maximum atomic E-state index is 5.42. The predicted molar refractivity (Wildman–Crippen MR) is 94.5 cm³/mol. The summed E-state index contributed by atoms with van der Waals surface area (Å²) >= 11 is 0. The van der Waals surface area contributed by atoms with Crippen molar-refractivity contribution in [3.8, 4) is 17.1 Å². The molecular weight excluding hydrogens is 320 g/mol. The minimum Gasteiger partial charge on any atom is -0.497 e. The summed E-state index contributed by atoms with van der Waals surface area (Å²) in [6.45, 7) is 9.44. The molecule has 1 aromatic heterocycles. The molecule has 25 heavy (non-hydrogen) atoms. The van der Waals surface area contributed by atoms with Crippen molar-refractivity contribution in [3.63, 3.8) is 0 Å². The minimum atomic E-state index is 0.619. The third kappa shape index (κ3) is 5.01. The predicted octanol–water partition coefficient (Wildman–Crippen LogP) is 1.90. The van der Waals surface area contributed by atoms with Crippen molar-refractivity contribution in [2.75, 3.05) is 53.0 Å². The number of nitrogens with zero attached hydrogens (tertiary/aromatic N) is 4. The van der Waals surface area contributed by atoms with Crippen molar-refractivity contribution < 1.29 is 14.0 Å². The van der Waals surface area contributed by atoms with E-state index in [2.05, 4.69) is 19.9 Å². The Morgan fingerprint density at radius 1 is 1.08 bits per heavy atom. The summed E-state index contributed by atoms with van der Waals surface area (Å²) in [4.78, 5) is 9.30. The summed E-state index contributed by atoms with van der Waals surface area (Å²) in [7, 11) is 1.65. The van der Waals surface area contributed by atoms with E-state index < -0.39 is 0 Å². The van der Waals surface area contributed by atoms with Crippen LogP contribution in [-0.4, -0.2) is 73.0 Å². The van der Waals surface area contributed by atoms with Crippen LogP contribution in [0.4, 0.5) is 0 Å². The number of hydrogen-bond acceptors (Lipinski definition) is 7. The highest BCUT2D eigenvalue weighted by molar-refractivity contribution is 5.55. The Bertz CT molecular complexity index is 636. The molecule has 0 amide bonds. The van der Waals surface area contributed by atoms with Gasteiger partial charge in [-0.3, -0.25) is 9.80 Å². The fourth-order valence-electron chi connectivity index (χ4n) is 2.88. The second kappa shape index (κ2) is 8.94. The van der Waals surface area contributed by atoms with Crippen LogP contribution < -0.4 is 4.74 Å². The molecule has 0 bridgehead atoms. The van der Waals surface area contributed by atoms with E-state index in [4.69, 9.17) is 14.0 Å². The average molecular weight is 346 g/mol. The molecule has 136 valence electrons. The summed E-state index contributed by atoms with van der Waals surface area (Å²) in [5.74, 6) is 2.09. The number of piperazine rings is 1. The van der Waals surface area contributed by atoms with E-state index in [1.807, 2.05) is 31.2 Å². The van der Waals surface area contributed by atoms with Gasteiger partial charge < -0.3 is 14.0 Å². The molecule has 0 saturated carbocycles. The standard InChI is InChI=1S/C18H26N4O3/c1-3-24-13-12-21-8-10-22(11-9-21)14-17-19-18(20-25-17)15-4-6-16(23-2)7-5-15/h4-7H,3,8-14H2,1-2H3. The molecule has 7 heteroatoms. The molecule has 1 saturated heterocycles. The Labute approximate surface area is 148 Å². The highest BCUT2D eigenvalue weighted by Gasteiger charge is 2.19. The summed E-state index contributed by atoms with van der Waals surface area (Å²) in [6.07, 6.45) is 0.